The van der Waals surface area contributed by atoms with Gasteiger partial charge < -0.3 is 15.1 Å². The van der Waals surface area contributed by atoms with Crippen molar-refractivity contribution in [2.24, 2.45) is 17.8 Å². The van der Waals surface area contributed by atoms with Crippen LogP contribution in [0.3, 0.4) is 0 Å². The molecule has 6 heteroatoms. The van der Waals surface area contributed by atoms with Gasteiger partial charge in [-0.3, -0.25) is 4.79 Å². The molecule has 27 heavy (non-hydrogen) atoms. The molecule has 2 atom stereocenters. The molecule has 4 bridgehead atoms. The Morgan fingerprint density at radius 1 is 1.07 bits per heavy atom. The number of nitrogens with one attached hydrogen (secondary N) is 1. The first-order valence-corrected chi connectivity index (χ1v) is 10.6. The van der Waals surface area contributed by atoms with Crippen LogP contribution < -0.4 is 10.2 Å². The summed E-state index contributed by atoms with van der Waals surface area (Å²) in [7, 11) is 0. The molecule has 5 nitrogen and oxygen atoms in total. The third kappa shape index (κ3) is 3.20. The van der Waals surface area contributed by atoms with Gasteiger partial charge in [-0.05, 0) is 74.5 Å². The molecule has 2 saturated carbocycles. The highest BCUT2D eigenvalue weighted by Crippen LogP contribution is 2.47. The highest BCUT2D eigenvalue weighted by molar-refractivity contribution is 6.33. The number of nitrogens with zero attached hydrogens (tertiary/aromatic N) is 2. The highest BCUT2D eigenvalue weighted by atomic mass is 35.5. The Balaban J connectivity index is 1.35. The van der Waals surface area contributed by atoms with E-state index in [4.69, 9.17) is 11.6 Å². The van der Waals surface area contributed by atoms with Crippen LogP contribution >= 0.6 is 11.6 Å². The standard InChI is InChI=1S/C21H26ClN3O2/c22-18-4-3-16(24-5-1-2-20(24)26)11-19(18)23-21(27)25-12-15-7-13-6-14(8-15)10-17(25)9-13/h3-4,11,13-15,17H,1-2,5-10,12H2,(H,23,27). The van der Waals surface area contributed by atoms with Gasteiger partial charge in [0.15, 0.2) is 0 Å². The molecule has 0 spiro atoms. The summed E-state index contributed by atoms with van der Waals surface area (Å²) in [4.78, 5) is 29.0. The Morgan fingerprint density at radius 2 is 1.81 bits per heavy atom. The summed E-state index contributed by atoms with van der Waals surface area (Å²) in [6, 6.07) is 5.79. The average Bonchev–Trinajstić information content (AvgIpc) is 2.96. The molecule has 3 saturated heterocycles. The molecular formula is C21H26ClN3O2. The van der Waals surface area contributed by atoms with Crippen LogP contribution in [0.2, 0.25) is 5.02 Å². The number of rotatable bonds is 2. The van der Waals surface area contributed by atoms with Crippen molar-refractivity contribution in [1.82, 2.24) is 4.90 Å². The highest BCUT2D eigenvalue weighted by Gasteiger charge is 2.44. The molecule has 1 aromatic rings. The van der Waals surface area contributed by atoms with Crippen molar-refractivity contribution in [3.05, 3.63) is 23.2 Å². The SMILES string of the molecule is O=C1CCCN1c1ccc(Cl)c(NC(=O)N2CC3CC4CC(C3)CC2C4)c1. The maximum absolute atomic E-state index is 13.1. The summed E-state index contributed by atoms with van der Waals surface area (Å²) in [5, 5.41) is 3.56. The van der Waals surface area contributed by atoms with Crippen molar-refractivity contribution in [1.29, 1.82) is 0 Å². The first-order chi connectivity index (χ1) is 13.1. The van der Waals surface area contributed by atoms with E-state index in [9.17, 15) is 9.59 Å². The van der Waals surface area contributed by atoms with E-state index in [2.05, 4.69) is 10.2 Å². The summed E-state index contributed by atoms with van der Waals surface area (Å²) >= 11 is 6.36. The summed E-state index contributed by atoms with van der Waals surface area (Å²) < 4.78 is 0. The molecule has 2 unspecified atom stereocenters. The van der Waals surface area contributed by atoms with Crippen LogP contribution in [0.5, 0.6) is 0 Å². The van der Waals surface area contributed by atoms with Crippen molar-refractivity contribution in [2.75, 3.05) is 23.3 Å². The Hall–Kier alpha value is -1.75. The number of anilines is 2. The van der Waals surface area contributed by atoms with Crippen molar-refractivity contribution >= 4 is 34.9 Å². The second-order valence-electron chi connectivity index (χ2n) is 8.83. The summed E-state index contributed by atoms with van der Waals surface area (Å²) in [6.07, 6.45) is 7.69. The van der Waals surface area contributed by atoms with Gasteiger partial charge in [-0.1, -0.05) is 11.6 Å². The fraction of sp³-hybridized carbons (Fsp3) is 0.619. The lowest BCUT2D eigenvalue weighted by Crippen LogP contribution is -2.44. The van der Waals surface area contributed by atoms with E-state index in [0.29, 0.717) is 29.1 Å². The van der Waals surface area contributed by atoms with Crippen molar-refractivity contribution < 1.29 is 9.59 Å². The number of amides is 3. The van der Waals surface area contributed by atoms with Crippen LogP contribution in [0.4, 0.5) is 16.2 Å². The summed E-state index contributed by atoms with van der Waals surface area (Å²) in [5.74, 6) is 2.39. The van der Waals surface area contributed by atoms with Crippen LogP contribution in [0, 0.1) is 17.8 Å². The molecule has 3 aliphatic heterocycles. The van der Waals surface area contributed by atoms with Gasteiger partial charge in [0.25, 0.3) is 0 Å². The fourth-order valence-corrected chi connectivity index (χ4v) is 6.08. The zero-order valence-electron chi connectivity index (χ0n) is 15.5. The second kappa shape index (κ2) is 6.69. The van der Waals surface area contributed by atoms with Gasteiger partial charge >= 0.3 is 6.03 Å². The topological polar surface area (TPSA) is 52.7 Å². The minimum Gasteiger partial charge on any atom is -0.321 e. The van der Waals surface area contributed by atoms with E-state index in [1.165, 1.54) is 19.3 Å². The second-order valence-corrected chi connectivity index (χ2v) is 9.23. The van der Waals surface area contributed by atoms with E-state index in [1.54, 1.807) is 11.0 Å². The lowest BCUT2D eigenvalue weighted by atomic mass is 9.68. The normalized spacial score (nSPS) is 32.1. The lowest BCUT2D eigenvalue weighted by molar-refractivity contribution is -0.117. The largest absolute Gasteiger partial charge is 0.322 e. The molecule has 3 amide bonds. The first kappa shape index (κ1) is 17.4. The lowest BCUT2D eigenvalue weighted by Gasteiger charge is -2.38. The molecular weight excluding hydrogens is 362 g/mol. The van der Waals surface area contributed by atoms with E-state index >= 15 is 0 Å². The third-order valence-corrected chi connectivity index (χ3v) is 7.27. The number of fused-ring (bicyclic) bond motifs is 1. The molecule has 5 fully saturated rings. The van der Waals surface area contributed by atoms with Crippen molar-refractivity contribution in [3.63, 3.8) is 0 Å². The number of benzene rings is 1. The number of hydrogen-bond donors (Lipinski definition) is 1. The minimum atomic E-state index is -0.0417. The van der Waals surface area contributed by atoms with Crippen LogP contribution in [-0.2, 0) is 4.79 Å². The first-order valence-electron chi connectivity index (χ1n) is 10.2. The van der Waals surface area contributed by atoms with Crippen LogP contribution in [0.25, 0.3) is 0 Å². The molecule has 1 aromatic carbocycles. The van der Waals surface area contributed by atoms with Crippen LogP contribution in [0.1, 0.15) is 44.9 Å². The molecule has 1 N–H and O–H groups in total. The van der Waals surface area contributed by atoms with E-state index in [0.717, 1.165) is 49.9 Å². The van der Waals surface area contributed by atoms with Crippen molar-refractivity contribution in [2.45, 2.75) is 51.0 Å². The van der Waals surface area contributed by atoms with Gasteiger partial charge in [-0.2, -0.15) is 0 Å². The predicted octanol–water partition coefficient (Wildman–Crippen LogP) is 4.51. The Morgan fingerprint density at radius 3 is 2.52 bits per heavy atom. The number of carbonyl (C=O) groups is 2. The van der Waals surface area contributed by atoms with Gasteiger partial charge in [-0.25, -0.2) is 4.79 Å². The Bertz CT molecular complexity index is 769. The van der Waals surface area contributed by atoms with Gasteiger partial charge in [0, 0.05) is 31.2 Å². The Kier molecular flexibility index (Phi) is 4.30. The van der Waals surface area contributed by atoms with E-state index in [-0.39, 0.29) is 11.9 Å². The van der Waals surface area contributed by atoms with Crippen molar-refractivity contribution in [3.8, 4) is 0 Å². The van der Waals surface area contributed by atoms with Gasteiger partial charge in [0.2, 0.25) is 5.91 Å². The summed E-state index contributed by atoms with van der Waals surface area (Å²) in [5.41, 5.74) is 1.41. The van der Waals surface area contributed by atoms with E-state index in [1.807, 2.05) is 12.1 Å². The van der Waals surface area contributed by atoms with Gasteiger partial charge in [0.05, 0.1) is 10.7 Å². The fourth-order valence-electron chi connectivity index (χ4n) is 5.92. The molecule has 5 aliphatic rings. The minimum absolute atomic E-state index is 0.0417. The molecule has 3 heterocycles. The van der Waals surface area contributed by atoms with E-state index < -0.39 is 0 Å². The zero-order chi connectivity index (χ0) is 18.5. The number of urea groups is 1. The molecule has 0 radical (unpaired) electrons. The maximum Gasteiger partial charge on any atom is 0.322 e. The number of carbonyl (C=O) groups excluding carboxylic acids is 2. The molecule has 2 aliphatic carbocycles. The Labute approximate surface area is 165 Å². The van der Waals surface area contributed by atoms with Crippen LogP contribution in [-0.4, -0.2) is 36.0 Å². The maximum atomic E-state index is 13.1. The molecule has 144 valence electrons. The average molecular weight is 388 g/mol. The zero-order valence-corrected chi connectivity index (χ0v) is 16.3. The van der Waals surface area contributed by atoms with Gasteiger partial charge in [-0.15, -0.1) is 0 Å². The quantitative estimate of drug-likeness (QED) is 0.811. The number of halogens is 1. The van der Waals surface area contributed by atoms with Crippen LogP contribution in [0.15, 0.2) is 18.2 Å². The predicted molar refractivity (Wildman–Crippen MR) is 106 cm³/mol. The molecule has 0 aromatic heterocycles. The third-order valence-electron chi connectivity index (χ3n) is 6.94. The monoisotopic (exact) mass is 387 g/mol. The smallest absolute Gasteiger partial charge is 0.321 e. The van der Waals surface area contributed by atoms with Gasteiger partial charge in [0.1, 0.15) is 0 Å². The molecule has 6 rings (SSSR count). The number of hydrogen-bond acceptors (Lipinski definition) is 2. The summed E-state index contributed by atoms with van der Waals surface area (Å²) in [6.45, 7) is 1.60.